The largest absolute Gasteiger partial charge is 0.438 e. The fourth-order valence-electron chi connectivity index (χ4n) is 4.71. The molecule has 1 saturated heterocycles. The van der Waals surface area contributed by atoms with Gasteiger partial charge in [-0.25, -0.2) is 14.2 Å². The van der Waals surface area contributed by atoms with Crippen molar-refractivity contribution in [3.05, 3.63) is 70.1 Å². The van der Waals surface area contributed by atoms with Crippen LogP contribution >= 0.6 is 0 Å². The Hall–Kier alpha value is -4.39. The van der Waals surface area contributed by atoms with Gasteiger partial charge in [-0.1, -0.05) is 12.1 Å². The number of nitrogens with zero attached hydrogens (tertiary/aromatic N) is 4. The number of ether oxygens (including phenoxy) is 1. The summed E-state index contributed by atoms with van der Waals surface area (Å²) in [5, 5.41) is 12.1. The van der Waals surface area contributed by atoms with E-state index in [9.17, 15) is 18.8 Å². The van der Waals surface area contributed by atoms with Gasteiger partial charge in [-0.15, -0.1) is 4.58 Å². The van der Waals surface area contributed by atoms with Crippen LogP contribution < -0.4 is 25.3 Å². The van der Waals surface area contributed by atoms with Crippen molar-refractivity contribution in [1.82, 2.24) is 19.8 Å². The maximum Gasteiger partial charge on any atom is 0.409 e. The molecule has 0 aliphatic carbocycles. The highest BCUT2D eigenvalue weighted by atomic mass is 19.1. The van der Waals surface area contributed by atoms with E-state index in [0.29, 0.717) is 41.5 Å². The fraction of sp³-hybridized carbons (Fsp3) is 0.333. The number of hydrogen-bond acceptors (Lipinski definition) is 6. The van der Waals surface area contributed by atoms with Crippen LogP contribution in [0.25, 0.3) is 6.08 Å². The maximum atomic E-state index is 13.5. The zero-order chi connectivity index (χ0) is 25.9. The van der Waals surface area contributed by atoms with E-state index in [-0.39, 0.29) is 30.4 Å². The van der Waals surface area contributed by atoms with E-state index in [2.05, 4.69) is 10.3 Å². The summed E-state index contributed by atoms with van der Waals surface area (Å²) in [5.41, 5.74) is 1.42. The molecule has 1 unspecified atom stereocenters. The minimum atomic E-state index is -1.17. The van der Waals surface area contributed by atoms with Crippen LogP contribution in [0.5, 0.6) is 5.75 Å². The van der Waals surface area contributed by atoms with E-state index >= 15 is 0 Å². The van der Waals surface area contributed by atoms with Crippen molar-refractivity contribution < 1.29 is 23.5 Å². The van der Waals surface area contributed by atoms with Gasteiger partial charge in [0.15, 0.2) is 5.92 Å². The van der Waals surface area contributed by atoms with Crippen molar-refractivity contribution in [1.29, 1.82) is 5.26 Å². The molecule has 0 saturated carbocycles. The number of pyridine rings is 1. The summed E-state index contributed by atoms with van der Waals surface area (Å²) < 4.78 is 20.9. The zero-order valence-corrected chi connectivity index (χ0v) is 20.1. The first-order valence-corrected chi connectivity index (χ1v) is 12.2. The Morgan fingerprint density at radius 3 is 2.70 bits per heavy atom. The van der Waals surface area contributed by atoms with Crippen molar-refractivity contribution in [2.45, 2.75) is 32.1 Å². The Morgan fingerprint density at radius 2 is 1.97 bits per heavy atom. The van der Waals surface area contributed by atoms with Crippen molar-refractivity contribution in [2.24, 2.45) is 5.92 Å². The quantitative estimate of drug-likeness (QED) is 0.350. The van der Waals surface area contributed by atoms with Crippen LogP contribution in [-0.2, 0) is 20.8 Å². The second-order valence-electron chi connectivity index (χ2n) is 9.15. The number of amides is 3. The Bertz CT molecular complexity index is 1470. The highest BCUT2D eigenvalue weighted by molar-refractivity contribution is 6.07. The lowest BCUT2D eigenvalue weighted by Gasteiger charge is -2.27. The molecule has 1 aromatic carbocycles. The summed E-state index contributed by atoms with van der Waals surface area (Å²) in [6, 6.07) is 7.96. The van der Waals surface area contributed by atoms with E-state index in [1.807, 2.05) is 6.07 Å². The SMILES string of the molecule is N#CCCNC(=O)C1C=c2ncc(Cc3ccc(F)cc3)c3c2=[N+](C=C(C(=O)N2CCCCC2)O3)C1=O. The van der Waals surface area contributed by atoms with Gasteiger partial charge in [-0.3, -0.25) is 9.59 Å². The Labute approximate surface area is 212 Å². The molecule has 3 amide bonds. The Balaban J connectivity index is 1.58. The molecule has 0 radical (unpaired) electrons. The molecule has 0 bridgehead atoms. The predicted molar refractivity (Wildman–Crippen MR) is 129 cm³/mol. The molecule has 0 spiro atoms. The number of hydrogen-bond donors (Lipinski definition) is 1. The summed E-state index contributed by atoms with van der Waals surface area (Å²) in [6.07, 6.45) is 7.68. The highest BCUT2D eigenvalue weighted by Gasteiger charge is 2.42. The lowest BCUT2D eigenvalue weighted by atomic mass is 10.0. The molecular formula is C27H25FN5O4+. The number of likely N-dealkylation sites (tertiary alicyclic amines) is 1. The van der Waals surface area contributed by atoms with Gasteiger partial charge in [0, 0.05) is 37.8 Å². The molecule has 3 aliphatic heterocycles. The Kier molecular flexibility index (Phi) is 6.77. The Morgan fingerprint density at radius 1 is 1.22 bits per heavy atom. The predicted octanol–water partition coefficient (Wildman–Crippen LogP) is 0.516. The molecule has 1 fully saturated rings. The average molecular weight is 503 g/mol. The van der Waals surface area contributed by atoms with Crippen molar-refractivity contribution in [2.75, 3.05) is 19.6 Å². The van der Waals surface area contributed by atoms with Crippen LogP contribution in [-0.4, -0.2) is 47.2 Å². The minimum absolute atomic E-state index is 0.00852. The van der Waals surface area contributed by atoms with Crippen molar-refractivity contribution in [3.8, 4) is 11.8 Å². The summed E-state index contributed by atoms with van der Waals surface area (Å²) in [6.45, 7) is 1.32. The molecule has 37 heavy (non-hydrogen) atoms. The van der Waals surface area contributed by atoms with Crippen LogP contribution in [0.15, 0.2) is 42.4 Å². The number of nitrogens with one attached hydrogen (secondary N) is 1. The number of carbonyl (C=O) groups excluding carboxylic acids is 3. The van der Waals surface area contributed by atoms with Crippen molar-refractivity contribution in [3.63, 3.8) is 0 Å². The van der Waals surface area contributed by atoms with E-state index in [1.165, 1.54) is 29.0 Å². The van der Waals surface area contributed by atoms with Crippen LogP contribution in [0.2, 0.25) is 0 Å². The third kappa shape index (κ3) is 4.85. The second-order valence-corrected chi connectivity index (χ2v) is 9.15. The lowest BCUT2D eigenvalue weighted by Crippen LogP contribution is -2.55. The summed E-state index contributed by atoms with van der Waals surface area (Å²) in [7, 11) is 0. The van der Waals surface area contributed by atoms with Gasteiger partial charge in [0.25, 0.3) is 17.0 Å². The number of halogens is 1. The van der Waals surface area contributed by atoms with Gasteiger partial charge in [-0.2, -0.15) is 5.26 Å². The van der Waals surface area contributed by atoms with Gasteiger partial charge in [0.2, 0.25) is 17.9 Å². The lowest BCUT2D eigenvalue weighted by molar-refractivity contribution is -0.133. The van der Waals surface area contributed by atoms with Crippen LogP contribution in [0.4, 0.5) is 4.39 Å². The second kappa shape index (κ2) is 10.3. The standard InChI is InChI=1S/C27H24FN5O4/c28-19-7-5-17(6-8-19)13-18-15-31-21-14-20(25(34)30-10-4-9-29)26(35)33-16-22(37-24(18)23(21)33)27(36)32-11-2-1-3-12-32/h5-8,14-16,20H,1-4,10-13H2/p+1. The summed E-state index contributed by atoms with van der Waals surface area (Å²) >= 11 is 0. The molecule has 10 heteroatoms. The first-order valence-electron chi connectivity index (χ1n) is 12.2. The fourth-order valence-corrected chi connectivity index (χ4v) is 4.71. The van der Waals surface area contributed by atoms with E-state index in [1.54, 1.807) is 23.2 Å². The zero-order valence-electron chi connectivity index (χ0n) is 20.1. The molecule has 5 rings (SSSR count). The first kappa shape index (κ1) is 24.3. The number of carbonyl (C=O) groups is 3. The maximum absolute atomic E-state index is 13.5. The van der Waals surface area contributed by atoms with Crippen LogP contribution in [0.3, 0.4) is 0 Å². The minimum Gasteiger partial charge on any atom is -0.438 e. The van der Waals surface area contributed by atoms with Crippen molar-refractivity contribution >= 4 is 23.8 Å². The monoisotopic (exact) mass is 502 g/mol. The molecule has 4 heterocycles. The number of aromatic nitrogens is 1. The number of piperidine rings is 1. The van der Waals surface area contributed by atoms with Gasteiger partial charge in [0.05, 0.1) is 12.5 Å². The molecule has 3 aliphatic rings. The average Bonchev–Trinajstić information content (AvgIpc) is 2.92. The van der Waals surface area contributed by atoms with Crippen LogP contribution in [0.1, 0.15) is 36.8 Å². The molecule has 1 aromatic heterocycles. The number of rotatable bonds is 6. The van der Waals surface area contributed by atoms with Gasteiger partial charge < -0.3 is 15.0 Å². The summed E-state index contributed by atoms with van der Waals surface area (Å²) in [5.74, 6) is -2.64. The third-order valence-corrected chi connectivity index (χ3v) is 6.62. The smallest absolute Gasteiger partial charge is 0.409 e. The molecule has 1 atom stereocenters. The van der Waals surface area contributed by atoms with Gasteiger partial charge in [0.1, 0.15) is 11.2 Å². The van der Waals surface area contributed by atoms with Crippen LogP contribution in [0, 0.1) is 23.1 Å². The van der Waals surface area contributed by atoms with Gasteiger partial charge in [-0.05, 0) is 43.0 Å². The first-order chi connectivity index (χ1) is 18.0. The van der Waals surface area contributed by atoms with E-state index in [4.69, 9.17) is 10.00 Å². The van der Waals surface area contributed by atoms with E-state index in [0.717, 1.165) is 24.8 Å². The highest BCUT2D eigenvalue weighted by Crippen LogP contribution is 2.23. The number of nitriles is 1. The summed E-state index contributed by atoms with van der Waals surface area (Å²) in [4.78, 5) is 45.8. The number of benzene rings is 1. The van der Waals surface area contributed by atoms with Gasteiger partial charge >= 0.3 is 5.91 Å². The normalized spacial score (nSPS) is 18.1. The molecule has 2 aromatic rings. The van der Waals surface area contributed by atoms with E-state index < -0.39 is 17.7 Å². The molecule has 9 nitrogen and oxygen atoms in total. The molecule has 188 valence electrons. The molecular weight excluding hydrogens is 477 g/mol. The molecule has 1 N–H and O–H groups in total. The third-order valence-electron chi connectivity index (χ3n) is 6.62. The topological polar surface area (TPSA) is 115 Å².